The van der Waals surface area contributed by atoms with E-state index in [4.69, 9.17) is 14.9 Å². The Morgan fingerprint density at radius 1 is 1.42 bits per heavy atom. The topological polar surface area (TPSA) is 49.7 Å². The van der Waals surface area contributed by atoms with Gasteiger partial charge in [-0.3, -0.25) is 0 Å². The van der Waals surface area contributed by atoms with E-state index in [0.717, 1.165) is 12.8 Å². The second-order valence-corrected chi connectivity index (χ2v) is 4.14. The van der Waals surface area contributed by atoms with Gasteiger partial charge in [-0.1, -0.05) is 0 Å². The van der Waals surface area contributed by atoms with E-state index in [-0.39, 0.29) is 36.8 Å². The lowest BCUT2D eigenvalue weighted by atomic mass is 9.73. The van der Waals surface area contributed by atoms with E-state index in [1.54, 1.807) is 0 Å². The van der Waals surface area contributed by atoms with Crippen molar-refractivity contribution in [1.82, 2.24) is 0 Å². The van der Waals surface area contributed by atoms with Gasteiger partial charge in [0, 0.05) is 25.0 Å². The zero-order chi connectivity index (χ0) is 8.77. The van der Waals surface area contributed by atoms with E-state index in [9.17, 15) is 0 Å². The molecule has 0 saturated carbocycles. The molecule has 12 heavy (non-hydrogen) atoms. The molecule has 2 bridgehead atoms. The van der Waals surface area contributed by atoms with Crippen molar-refractivity contribution in [3.05, 3.63) is 0 Å². The van der Waals surface area contributed by atoms with Gasteiger partial charge < -0.3 is 14.9 Å². The summed E-state index contributed by atoms with van der Waals surface area (Å²) in [5.41, 5.74) is -0.160. The molecule has 4 atom stereocenters. The smallest absolute Gasteiger partial charge is 0.0713 e. The molecule has 0 aromatic heterocycles. The van der Waals surface area contributed by atoms with Gasteiger partial charge in [0.2, 0.25) is 0 Å². The molecule has 2 rings (SSSR count). The minimum absolute atomic E-state index is 0.137. The molecule has 3 heteroatoms. The first kappa shape index (κ1) is 8.48. The Hall–Kier alpha value is -0.120. The van der Waals surface area contributed by atoms with E-state index in [0.29, 0.717) is 0 Å². The highest BCUT2D eigenvalue weighted by molar-refractivity contribution is 5.03. The van der Waals surface area contributed by atoms with Crippen LogP contribution in [0.5, 0.6) is 0 Å². The van der Waals surface area contributed by atoms with Crippen molar-refractivity contribution in [2.45, 2.75) is 31.5 Å². The van der Waals surface area contributed by atoms with E-state index >= 15 is 0 Å². The summed E-state index contributed by atoms with van der Waals surface area (Å²) in [5, 5.41) is 18.3. The largest absolute Gasteiger partial charge is 0.396 e. The maximum absolute atomic E-state index is 9.16. The fraction of sp³-hybridized carbons (Fsp3) is 1.00. The van der Waals surface area contributed by atoms with Crippen molar-refractivity contribution in [2.24, 2.45) is 11.8 Å². The molecule has 2 fully saturated rings. The van der Waals surface area contributed by atoms with Gasteiger partial charge in [-0.05, 0) is 19.8 Å². The predicted octanol–water partition coefficient (Wildman–Crippen LogP) is 0.155. The average molecular weight is 172 g/mol. The summed E-state index contributed by atoms with van der Waals surface area (Å²) in [7, 11) is 0. The summed E-state index contributed by atoms with van der Waals surface area (Å²) in [6, 6.07) is 0. The van der Waals surface area contributed by atoms with Crippen LogP contribution in [0.15, 0.2) is 0 Å². The third-order valence-corrected chi connectivity index (χ3v) is 3.53. The van der Waals surface area contributed by atoms with Gasteiger partial charge in [0.1, 0.15) is 0 Å². The number of rotatable bonds is 2. The summed E-state index contributed by atoms with van der Waals surface area (Å²) in [6.07, 6.45) is 2.26. The molecule has 2 aliphatic heterocycles. The SMILES string of the molecule is C[C@]12CC[C@H](O1)[C@@H](CO)[C@H]2CO. The fourth-order valence-electron chi connectivity index (χ4n) is 2.75. The third kappa shape index (κ3) is 0.934. The van der Waals surface area contributed by atoms with Crippen LogP contribution in [0, 0.1) is 11.8 Å². The van der Waals surface area contributed by atoms with Crippen LogP contribution in [0.1, 0.15) is 19.8 Å². The quantitative estimate of drug-likeness (QED) is 0.623. The fourth-order valence-corrected chi connectivity index (χ4v) is 2.75. The predicted molar refractivity (Wildman–Crippen MR) is 43.7 cm³/mol. The number of aliphatic hydroxyl groups is 2. The van der Waals surface area contributed by atoms with E-state index < -0.39 is 0 Å². The second kappa shape index (κ2) is 2.69. The Morgan fingerprint density at radius 2 is 2.17 bits per heavy atom. The molecule has 2 aliphatic rings. The molecule has 0 aromatic carbocycles. The van der Waals surface area contributed by atoms with Gasteiger partial charge in [-0.2, -0.15) is 0 Å². The van der Waals surface area contributed by atoms with Gasteiger partial charge in [-0.15, -0.1) is 0 Å². The Labute approximate surface area is 72.3 Å². The van der Waals surface area contributed by atoms with Crippen molar-refractivity contribution in [3.63, 3.8) is 0 Å². The number of fused-ring (bicyclic) bond motifs is 2. The summed E-state index contributed by atoms with van der Waals surface area (Å²) in [6.45, 7) is 2.33. The first-order chi connectivity index (χ1) is 5.71. The van der Waals surface area contributed by atoms with Crippen LogP contribution in [-0.2, 0) is 4.74 Å². The highest BCUT2D eigenvalue weighted by Gasteiger charge is 2.55. The lowest BCUT2D eigenvalue weighted by molar-refractivity contribution is -0.00541. The number of hydrogen-bond donors (Lipinski definition) is 2. The molecule has 0 unspecified atom stereocenters. The number of ether oxygens (including phenoxy) is 1. The molecule has 0 aromatic rings. The van der Waals surface area contributed by atoms with Gasteiger partial charge in [0.05, 0.1) is 11.7 Å². The van der Waals surface area contributed by atoms with Gasteiger partial charge in [0.25, 0.3) is 0 Å². The molecule has 3 nitrogen and oxygen atoms in total. The number of hydrogen-bond acceptors (Lipinski definition) is 3. The van der Waals surface area contributed by atoms with E-state index in [1.165, 1.54) is 0 Å². The van der Waals surface area contributed by atoms with E-state index in [2.05, 4.69) is 0 Å². The molecule has 0 aliphatic carbocycles. The Balaban J connectivity index is 2.19. The lowest BCUT2D eigenvalue weighted by Crippen LogP contribution is -2.39. The minimum atomic E-state index is -0.160. The molecule has 2 N–H and O–H groups in total. The van der Waals surface area contributed by atoms with Crippen LogP contribution in [0.25, 0.3) is 0 Å². The Morgan fingerprint density at radius 3 is 2.67 bits per heavy atom. The van der Waals surface area contributed by atoms with Crippen LogP contribution in [0.3, 0.4) is 0 Å². The van der Waals surface area contributed by atoms with Gasteiger partial charge >= 0.3 is 0 Å². The van der Waals surface area contributed by atoms with Crippen molar-refractivity contribution in [1.29, 1.82) is 0 Å². The van der Waals surface area contributed by atoms with E-state index in [1.807, 2.05) is 6.92 Å². The van der Waals surface area contributed by atoms with Crippen LogP contribution < -0.4 is 0 Å². The maximum Gasteiger partial charge on any atom is 0.0713 e. The normalized spacial score (nSPS) is 51.8. The standard InChI is InChI=1S/C9H16O3/c1-9-3-2-8(12-9)6(4-10)7(9)5-11/h6-8,10-11H,2-5H2,1H3/t6-,7+,8-,9+/m0/s1. The molecular weight excluding hydrogens is 156 g/mol. The number of aliphatic hydroxyl groups excluding tert-OH is 2. The van der Waals surface area contributed by atoms with Crippen molar-refractivity contribution >= 4 is 0 Å². The molecular formula is C9H16O3. The molecule has 2 saturated heterocycles. The van der Waals surface area contributed by atoms with Crippen LogP contribution in [0.4, 0.5) is 0 Å². The lowest BCUT2D eigenvalue weighted by Gasteiger charge is -2.31. The first-order valence-electron chi connectivity index (χ1n) is 4.61. The summed E-state index contributed by atoms with van der Waals surface area (Å²) in [5.74, 6) is 0.301. The van der Waals surface area contributed by atoms with Crippen LogP contribution in [-0.4, -0.2) is 35.1 Å². The first-order valence-corrected chi connectivity index (χ1v) is 4.61. The third-order valence-electron chi connectivity index (χ3n) is 3.53. The zero-order valence-corrected chi connectivity index (χ0v) is 7.36. The Kier molecular flexibility index (Phi) is 1.90. The molecule has 0 spiro atoms. The summed E-state index contributed by atoms with van der Waals surface area (Å²) < 4.78 is 5.75. The molecule has 2 heterocycles. The summed E-state index contributed by atoms with van der Waals surface area (Å²) in [4.78, 5) is 0. The summed E-state index contributed by atoms with van der Waals surface area (Å²) >= 11 is 0. The highest BCUT2D eigenvalue weighted by atomic mass is 16.5. The van der Waals surface area contributed by atoms with Gasteiger partial charge in [-0.25, -0.2) is 0 Å². The second-order valence-electron chi connectivity index (χ2n) is 4.14. The maximum atomic E-state index is 9.16. The van der Waals surface area contributed by atoms with Crippen molar-refractivity contribution in [3.8, 4) is 0 Å². The highest BCUT2D eigenvalue weighted by Crippen LogP contribution is 2.50. The van der Waals surface area contributed by atoms with Crippen molar-refractivity contribution < 1.29 is 14.9 Å². The van der Waals surface area contributed by atoms with Crippen LogP contribution >= 0.6 is 0 Å². The van der Waals surface area contributed by atoms with Crippen LogP contribution in [0.2, 0.25) is 0 Å². The molecule has 0 radical (unpaired) electrons. The molecule has 70 valence electrons. The molecule has 0 amide bonds. The monoisotopic (exact) mass is 172 g/mol. The average Bonchev–Trinajstić information content (AvgIpc) is 2.55. The van der Waals surface area contributed by atoms with Crippen molar-refractivity contribution in [2.75, 3.05) is 13.2 Å². The Bertz CT molecular complexity index is 183. The zero-order valence-electron chi connectivity index (χ0n) is 7.36. The van der Waals surface area contributed by atoms with Gasteiger partial charge in [0.15, 0.2) is 0 Å². The minimum Gasteiger partial charge on any atom is -0.396 e.